The number of nitrogens with zero attached hydrogens (tertiary/aromatic N) is 1. The van der Waals surface area contributed by atoms with E-state index in [9.17, 15) is 9.18 Å². The minimum Gasteiger partial charge on any atom is -0.376 e. The van der Waals surface area contributed by atoms with Crippen LogP contribution in [0.5, 0.6) is 0 Å². The van der Waals surface area contributed by atoms with Crippen molar-refractivity contribution >= 4 is 22.4 Å². The number of rotatable bonds is 13. The van der Waals surface area contributed by atoms with Crippen molar-refractivity contribution in [1.82, 2.24) is 10.3 Å². The van der Waals surface area contributed by atoms with Gasteiger partial charge in [-0.1, -0.05) is 32.4 Å². The molecule has 0 fully saturated rings. The SMILES string of the molecule is CCC[C@H](NC1CCc2cccc(F)c2C1)C(=O)Nc1ncc(C(C)CCCC(C)(C)OCC)s1. The number of hydrogen-bond donors (Lipinski definition) is 2. The van der Waals surface area contributed by atoms with Crippen LogP contribution >= 0.6 is 11.3 Å². The molecule has 7 heteroatoms. The molecule has 0 spiro atoms. The zero-order valence-electron chi connectivity index (χ0n) is 22.0. The Morgan fingerprint density at radius 2 is 2.11 bits per heavy atom. The second-order valence-corrected chi connectivity index (χ2v) is 11.4. The third-order valence-corrected chi connectivity index (χ3v) is 8.09. The lowest BCUT2D eigenvalue weighted by molar-refractivity contribution is -0.118. The Morgan fingerprint density at radius 3 is 2.86 bits per heavy atom. The topological polar surface area (TPSA) is 63.2 Å². The Bertz CT molecular complexity index is 961. The summed E-state index contributed by atoms with van der Waals surface area (Å²) in [5, 5.41) is 7.19. The Morgan fingerprint density at radius 1 is 1.31 bits per heavy atom. The second kappa shape index (κ2) is 12.9. The number of thiazole rings is 1. The normalized spacial score (nSPS) is 17.6. The van der Waals surface area contributed by atoms with E-state index in [-0.39, 0.29) is 29.4 Å². The number of halogens is 1. The van der Waals surface area contributed by atoms with E-state index in [1.807, 2.05) is 19.2 Å². The minimum absolute atomic E-state index is 0.0572. The molecule has 5 nitrogen and oxygen atoms in total. The van der Waals surface area contributed by atoms with Crippen molar-refractivity contribution in [3.05, 3.63) is 46.2 Å². The number of hydrogen-bond acceptors (Lipinski definition) is 5. The molecule has 35 heavy (non-hydrogen) atoms. The maximum atomic E-state index is 14.3. The van der Waals surface area contributed by atoms with E-state index in [1.54, 1.807) is 17.4 Å². The van der Waals surface area contributed by atoms with Crippen molar-refractivity contribution in [3.8, 4) is 0 Å². The average Bonchev–Trinajstić information content (AvgIpc) is 3.27. The number of aryl methyl sites for hydroxylation is 1. The van der Waals surface area contributed by atoms with E-state index in [2.05, 4.69) is 43.3 Å². The smallest absolute Gasteiger partial charge is 0.243 e. The predicted octanol–water partition coefficient (Wildman–Crippen LogP) is 6.63. The molecule has 3 atom stereocenters. The number of ether oxygens (including phenoxy) is 1. The summed E-state index contributed by atoms with van der Waals surface area (Å²) in [6, 6.07) is 5.09. The largest absolute Gasteiger partial charge is 0.376 e. The van der Waals surface area contributed by atoms with Gasteiger partial charge in [-0.2, -0.15) is 0 Å². The molecule has 1 aromatic heterocycles. The molecule has 1 aromatic carbocycles. The van der Waals surface area contributed by atoms with Crippen molar-refractivity contribution in [3.63, 3.8) is 0 Å². The van der Waals surface area contributed by atoms with E-state index in [0.29, 0.717) is 17.5 Å². The summed E-state index contributed by atoms with van der Waals surface area (Å²) in [6.45, 7) is 11.4. The van der Waals surface area contributed by atoms with Gasteiger partial charge in [-0.05, 0) is 88.8 Å². The number of carbonyl (C=O) groups excluding carboxylic acids is 1. The van der Waals surface area contributed by atoms with Crippen LogP contribution in [0.1, 0.15) is 95.1 Å². The molecule has 3 rings (SSSR count). The Kier molecular flexibility index (Phi) is 10.3. The van der Waals surface area contributed by atoms with Crippen molar-refractivity contribution in [2.75, 3.05) is 11.9 Å². The van der Waals surface area contributed by atoms with Gasteiger partial charge >= 0.3 is 0 Å². The number of benzene rings is 1. The maximum Gasteiger partial charge on any atom is 0.243 e. The fourth-order valence-corrected chi connectivity index (χ4v) is 5.86. The number of anilines is 1. The highest BCUT2D eigenvalue weighted by atomic mass is 32.1. The van der Waals surface area contributed by atoms with Gasteiger partial charge < -0.3 is 15.4 Å². The molecule has 1 heterocycles. The van der Waals surface area contributed by atoms with Gasteiger partial charge in [-0.25, -0.2) is 9.37 Å². The molecule has 0 saturated heterocycles. The Balaban J connectivity index is 1.53. The molecule has 0 radical (unpaired) electrons. The predicted molar refractivity (Wildman–Crippen MR) is 143 cm³/mol. The highest BCUT2D eigenvalue weighted by Gasteiger charge is 2.27. The molecule has 2 N–H and O–H groups in total. The summed E-state index contributed by atoms with van der Waals surface area (Å²) >= 11 is 1.56. The number of aromatic nitrogens is 1. The number of carbonyl (C=O) groups is 1. The first kappa shape index (κ1) is 27.8. The molecular weight excluding hydrogens is 461 g/mol. The molecule has 0 saturated carbocycles. The zero-order valence-corrected chi connectivity index (χ0v) is 22.8. The minimum atomic E-state index is -0.316. The van der Waals surface area contributed by atoms with Crippen LogP contribution in [0.3, 0.4) is 0 Å². The first-order valence-electron chi connectivity index (χ1n) is 13.1. The number of amides is 1. The van der Waals surface area contributed by atoms with Crippen molar-refractivity contribution in [2.45, 2.75) is 110 Å². The van der Waals surface area contributed by atoms with Crippen LogP contribution < -0.4 is 10.6 Å². The molecule has 2 unspecified atom stereocenters. The summed E-state index contributed by atoms with van der Waals surface area (Å²) in [4.78, 5) is 18.8. The molecule has 0 aliphatic heterocycles. The van der Waals surface area contributed by atoms with Crippen molar-refractivity contribution in [2.24, 2.45) is 0 Å². The lowest BCUT2D eigenvalue weighted by Crippen LogP contribution is -2.47. The fourth-order valence-electron chi connectivity index (χ4n) is 4.95. The second-order valence-electron chi connectivity index (χ2n) is 10.4. The highest BCUT2D eigenvalue weighted by molar-refractivity contribution is 7.15. The Hall–Kier alpha value is -1.83. The van der Waals surface area contributed by atoms with E-state index < -0.39 is 0 Å². The van der Waals surface area contributed by atoms with Crippen LogP contribution in [-0.4, -0.2) is 35.2 Å². The van der Waals surface area contributed by atoms with Gasteiger partial charge in [0.1, 0.15) is 5.82 Å². The summed E-state index contributed by atoms with van der Waals surface area (Å²) < 4.78 is 20.1. The quantitative estimate of drug-likeness (QED) is 0.322. The average molecular weight is 504 g/mol. The van der Waals surface area contributed by atoms with E-state index in [1.165, 1.54) is 10.9 Å². The van der Waals surface area contributed by atoms with Gasteiger partial charge in [0.25, 0.3) is 0 Å². The van der Waals surface area contributed by atoms with E-state index in [4.69, 9.17) is 4.74 Å². The zero-order chi connectivity index (χ0) is 25.4. The van der Waals surface area contributed by atoms with Gasteiger partial charge in [0.2, 0.25) is 5.91 Å². The van der Waals surface area contributed by atoms with Gasteiger partial charge in [-0.3, -0.25) is 4.79 Å². The summed E-state index contributed by atoms with van der Waals surface area (Å²) in [5.74, 6) is 0.187. The summed E-state index contributed by atoms with van der Waals surface area (Å²) in [7, 11) is 0. The van der Waals surface area contributed by atoms with Crippen LogP contribution in [-0.2, 0) is 22.4 Å². The lowest BCUT2D eigenvalue weighted by Gasteiger charge is -2.29. The van der Waals surface area contributed by atoms with Crippen LogP contribution in [0, 0.1) is 5.82 Å². The fraction of sp³-hybridized carbons (Fsp3) is 0.643. The summed E-state index contributed by atoms with van der Waals surface area (Å²) in [6.07, 6.45) is 9.04. The van der Waals surface area contributed by atoms with E-state index in [0.717, 1.165) is 62.7 Å². The molecule has 1 aliphatic rings. The number of fused-ring (bicyclic) bond motifs is 1. The lowest BCUT2D eigenvalue weighted by atomic mass is 9.87. The molecule has 1 aliphatic carbocycles. The van der Waals surface area contributed by atoms with Gasteiger partial charge in [-0.15, -0.1) is 11.3 Å². The van der Waals surface area contributed by atoms with Crippen LogP contribution in [0.2, 0.25) is 0 Å². The number of nitrogens with one attached hydrogen (secondary N) is 2. The first-order valence-corrected chi connectivity index (χ1v) is 14.0. The van der Waals surface area contributed by atoms with Gasteiger partial charge in [0.15, 0.2) is 5.13 Å². The van der Waals surface area contributed by atoms with Gasteiger partial charge in [0.05, 0.1) is 11.6 Å². The highest BCUT2D eigenvalue weighted by Crippen LogP contribution is 2.31. The molecule has 1 amide bonds. The van der Waals surface area contributed by atoms with Crippen LogP contribution in [0.4, 0.5) is 9.52 Å². The monoisotopic (exact) mass is 503 g/mol. The van der Waals surface area contributed by atoms with E-state index >= 15 is 0 Å². The van der Waals surface area contributed by atoms with Crippen LogP contribution in [0.15, 0.2) is 24.4 Å². The van der Waals surface area contributed by atoms with Gasteiger partial charge in [0, 0.05) is 23.7 Å². The molecule has 0 bridgehead atoms. The maximum absolute atomic E-state index is 14.3. The third-order valence-electron chi connectivity index (χ3n) is 6.95. The van der Waals surface area contributed by atoms with Crippen molar-refractivity contribution in [1.29, 1.82) is 0 Å². The van der Waals surface area contributed by atoms with Crippen molar-refractivity contribution < 1.29 is 13.9 Å². The molecule has 2 aromatic rings. The Labute approximate surface area is 214 Å². The standard InChI is InChI=1S/C28H42FN3O2S/c1-6-10-24(31-21-15-14-20-12-8-13-23(29)22(20)17-21)26(33)32-27-30-18-25(35-27)19(3)11-9-16-28(4,5)34-7-2/h8,12-13,18-19,21,24,31H,6-7,9-11,14-17H2,1-5H3,(H,30,32,33)/t19?,21?,24-/m0/s1. The molecule has 194 valence electrons. The first-order chi connectivity index (χ1) is 16.7. The van der Waals surface area contributed by atoms with Crippen LogP contribution in [0.25, 0.3) is 0 Å². The third kappa shape index (κ3) is 8.09. The summed E-state index contributed by atoms with van der Waals surface area (Å²) in [5.41, 5.74) is 1.79. The molecular formula is C28H42FN3O2S.